The molecule has 1 aromatic rings. The number of rotatable bonds is 1. The number of hydrogen-bond acceptors (Lipinski definition) is 2. The Hall–Kier alpha value is -0.870. The first kappa shape index (κ1) is 11.6. The predicted octanol–water partition coefficient (Wildman–Crippen LogP) is 2.31. The largest absolute Gasteiger partial charge is 0.375 e. The lowest BCUT2D eigenvalue weighted by atomic mass is 10.2. The van der Waals surface area contributed by atoms with Crippen molar-refractivity contribution < 1.29 is 9.53 Å². The highest BCUT2D eigenvalue weighted by molar-refractivity contribution is 9.10. The molecule has 0 N–H and O–H groups in total. The fourth-order valence-electron chi connectivity index (χ4n) is 1.81. The van der Waals surface area contributed by atoms with Crippen LogP contribution in [0.15, 0.2) is 28.7 Å². The van der Waals surface area contributed by atoms with Crippen LogP contribution in [0.3, 0.4) is 0 Å². The normalized spacial score (nSPS) is 20.9. The number of hydrogen-bond donors (Lipinski definition) is 0. The zero-order valence-electron chi connectivity index (χ0n) is 9.15. The Labute approximate surface area is 104 Å². The van der Waals surface area contributed by atoms with E-state index in [9.17, 15) is 4.79 Å². The highest BCUT2D eigenvalue weighted by Gasteiger charge is 2.22. The van der Waals surface area contributed by atoms with Gasteiger partial charge in [-0.2, -0.15) is 0 Å². The van der Waals surface area contributed by atoms with Crippen molar-refractivity contribution in [2.45, 2.75) is 13.0 Å². The van der Waals surface area contributed by atoms with Gasteiger partial charge in [-0.25, -0.2) is 0 Å². The quantitative estimate of drug-likeness (QED) is 0.792. The van der Waals surface area contributed by atoms with E-state index in [1.54, 1.807) is 0 Å². The topological polar surface area (TPSA) is 29.5 Å². The molecule has 0 aliphatic carbocycles. The van der Waals surface area contributed by atoms with Crippen LogP contribution >= 0.6 is 15.9 Å². The summed E-state index contributed by atoms with van der Waals surface area (Å²) in [6, 6.07) is 7.48. The van der Waals surface area contributed by atoms with E-state index in [1.807, 2.05) is 36.1 Å². The summed E-state index contributed by atoms with van der Waals surface area (Å²) < 4.78 is 6.34. The molecule has 3 nitrogen and oxygen atoms in total. The number of amides is 1. The number of nitrogens with zero attached hydrogens (tertiary/aromatic N) is 1. The molecule has 0 radical (unpaired) electrons. The van der Waals surface area contributed by atoms with Crippen LogP contribution in [0, 0.1) is 0 Å². The molecule has 4 heteroatoms. The zero-order valence-corrected chi connectivity index (χ0v) is 10.7. The molecule has 1 aliphatic heterocycles. The number of benzene rings is 1. The smallest absolute Gasteiger partial charge is 0.254 e. The van der Waals surface area contributed by atoms with Crippen molar-refractivity contribution in [1.82, 2.24) is 4.90 Å². The van der Waals surface area contributed by atoms with E-state index in [0.717, 1.165) is 10.0 Å². The van der Waals surface area contributed by atoms with E-state index in [-0.39, 0.29) is 12.0 Å². The second-order valence-electron chi connectivity index (χ2n) is 3.94. The van der Waals surface area contributed by atoms with Gasteiger partial charge in [0.05, 0.1) is 12.7 Å². The molecule has 86 valence electrons. The summed E-state index contributed by atoms with van der Waals surface area (Å²) in [5.74, 6) is 0.0800. The fourth-order valence-corrected chi connectivity index (χ4v) is 2.21. The highest BCUT2D eigenvalue weighted by atomic mass is 79.9. The van der Waals surface area contributed by atoms with E-state index in [2.05, 4.69) is 15.9 Å². The van der Waals surface area contributed by atoms with Gasteiger partial charge in [0.15, 0.2) is 0 Å². The third-order valence-electron chi connectivity index (χ3n) is 2.60. The summed E-state index contributed by atoms with van der Waals surface area (Å²) in [4.78, 5) is 14.0. The van der Waals surface area contributed by atoms with E-state index in [0.29, 0.717) is 19.7 Å². The lowest BCUT2D eigenvalue weighted by molar-refractivity contribution is -0.0124. The summed E-state index contributed by atoms with van der Waals surface area (Å²) in [7, 11) is 0. The van der Waals surface area contributed by atoms with Gasteiger partial charge in [-0.15, -0.1) is 0 Å². The maximum Gasteiger partial charge on any atom is 0.254 e. The third-order valence-corrected chi connectivity index (χ3v) is 3.09. The first-order valence-electron chi connectivity index (χ1n) is 5.33. The predicted molar refractivity (Wildman–Crippen MR) is 65.5 cm³/mol. The van der Waals surface area contributed by atoms with Crippen LogP contribution < -0.4 is 0 Å². The molecular formula is C12H14BrNO2. The maximum atomic E-state index is 12.1. The lowest BCUT2D eigenvalue weighted by Crippen LogP contribution is -2.44. The average molecular weight is 284 g/mol. The molecule has 2 rings (SSSR count). The molecule has 1 heterocycles. The van der Waals surface area contributed by atoms with Gasteiger partial charge >= 0.3 is 0 Å². The van der Waals surface area contributed by atoms with Gasteiger partial charge in [0.25, 0.3) is 5.91 Å². The molecule has 1 aromatic carbocycles. The molecule has 0 bridgehead atoms. The van der Waals surface area contributed by atoms with Crippen LogP contribution in [-0.4, -0.2) is 36.6 Å². The minimum Gasteiger partial charge on any atom is -0.375 e. The van der Waals surface area contributed by atoms with Gasteiger partial charge < -0.3 is 9.64 Å². The minimum absolute atomic E-state index is 0.0800. The summed E-state index contributed by atoms with van der Waals surface area (Å²) in [6.07, 6.45) is 0.129. The number of ether oxygens (including phenoxy) is 1. The Balaban J connectivity index is 2.12. The van der Waals surface area contributed by atoms with Crippen molar-refractivity contribution in [3.63, 3.8) is 0 Å². The van der Waals surface area contributed by atoms with E-state index in [4.69, 9.17) is 4.74 Å². The molecule has 16 heavy (non-hydrogen) atoms. The van der Waals surface area contributed by atoms with Crippen LogP contribution in [0.25, 0.3) is 0 Å². The Morgan fingerprint density at radius 2 is 2.38 bits per heavy atom. The Bertz CT molecular complexity index is 394. The van der Waals surface area contributed by atoms with Crippen LogP contribution in [0.2, 0.25) is 0 Å². The standard InChI is InChI=1S/C12H14BrNO2/c1-9-8-14(5-6-16-9)12(15)10-3-2-4-11(13)7-10/h2-4,7,9H,5-6,8H2,1H3. The lowest BCUT2D eigenvalue weighted by Gasteiger charge is -2.31. The number of carbonyl (C=O) groups excluding carboxylic acids is 1. The SMILES string of the molecule is CC1CN(C(=O)c2cccc(Br)c2)CCO1. The van der Waals surface area contributed by atoms with Gasteiger partial charge in [0, 0.05) is 23.1 Å². The van der Waals surface area contributed by atoms with Crippen LogP contribution in [-0.2, 0) is 4.74 Å². The van der Waals surface area contributed by atoms with Crippen LogP contribution in [0.5, 0.6) is 0 Å². The van der Waals surface area contributed by atoms with Crippen molar-refractivity contribution >= 4 is 21.8 Å². The van der Waals surface area contributed by atoms with Gasteiger partial charge in [-0.05, 0) is 25.1 Å². The maximum absolute atomic E-state index is 12.1. The van der Waals surface area contributed by atoms with Gasteiger partial charge in [-0.1, -0.05) is 22.0 Å². The Morgan fingerprint density at radius 3 is 3.06 bits per heavy atom. The number of carbonyl (C=O) groups is 1. The molecule has 1 unspecified atom stereocenters. The molecular weight excluding hydrogens is 270 g/mol. The second-order valence-corrected chi connectivity index (χ2v) is 4.86. The Kier molecular flexibility index (Phi) is 3.61. The van der Waals surface area contributed by atoms with Crippen LogP contribution in [0.1, 0.15) is 17.3 Å². The van der Waals surface area contributed by atoms with E-state index in [1.165, 1.54) is 0 Å². The van der Waals surface area contributed by atoms with Crippen molar-refractivity contribution in [2.75, 3.05) is 19.7 Å². The van der Waals surface area contributed by atoms with E-state index >= 15 is 0 Å². The fraction of sp³-hybridized carbons (Fsp3) is 0.417. The molecule has 1 amide bonds. The Morgan fingerprint density at radius 1 is 1.56 bits per heavy atom. The second kappa shape index (κ2) is 4.97. The van der Waals surface area contributed by atoms with E-state index < -0.39 is 0 Å². The summed E-state index contributed by atoms with van der Waals surface area (Å²) in [6.45, 7) is 3.96. The monoisotopic (exact) mass is 283 g/mol. The zero-order chi connectivity index (χ0) is 11.5. The van der Waals surface area contributed by atoms with Gasteiger partial charge in [0.1, 0.15) is 0 Å². The van der Waals surface area contributed by atoms with Gasteiger partial charge in [-0.3, -0.25) is 4.79 Å². The molecule has 1 atom stereocenters. The third kappa shape index (κ3) is 2.62. The molecule has 1 saturated heterocycles. The average Bonchev–Trinajstić information content (AvgIpc) is 2.28. The molecule has 0 spiro atoms. The number of halogens is 1. The van der Waals surface area contributed by atoms with Crippen LogP contribution in [0.4, 0.5) is 0 Å². The molecule has 0 saturated carbocycles. The van der Waals surface area contributed by atoms with Crippen molar-refractivity contribution in [1.29, 1.82) is 0 Å². The summed E-state index contributed by atoms with van der Waals surface area (Å²) >= 11 is 3.37. The molecule has 0 aromatic heterocycles. The molecule has 1 aliphatic rings. The van der Waals surface area contributed by atoms with Crippen molar-refractivity contribution in [3.05, 3.63) is 34.3 Å². The minimum atomic E-state index is 0.0800. The first-order valence-corrected chi connectivity index (χ1v) is 6.12. The van der Waals surface area contributed by atoms with Crippen molar-refractivity contribution in [3.8, 4) is 0 Å². The van der Waals surface area contributed by atoms with Crippen molar-refractivity contribution in [2.24, 2.45) is 0 Å². The molecule has 1 fully saturated rings. The first-order chi connectivity index (χ1) is 7.66. The summed E-state index contributed by atoms with van der Waals surface area (Å²) in [5.41, 5.74) is 0.725. The number of morpholine rings is 1. The summed E-state index contributed by atoms with van der Waals surface area (Å²) in [5, 5.41) is 0. The highest BCUT2D eigenvalue weighted by Crippen LogP contribution is 2.15. The van der Waals surface area contributed by atoms with Gasteiger partial charge in [0.2, 0.25) is 0 Å².